The van der Waals surface area contributed by atoms with Crippen molar-refractivity contribution in [1.82, 2.24) is 0 Å². The summed E-state index contributed by atoms with van der Waals surface area (Å²) < 4.78 is 5.32. The second kappa shape index (κ2) is 8.91. The summed E-state index contributed by atoms with van der Waals surface area (Å²) in [7, 11) is 0. The molecule has 0 saturated carbocycles. The average Bonchev–Trinajstić information content (AvgIpc) is 2.71. The Labute approximate surface area is 171 Å². The van der Waals surface area contributed by atoms with Crippen LogP contribution in [0.5, 0.6) is 0 Å². The Balaban J connectivity index is 1.74. The van der Waals surface area contributed by atoms with Gasteiger partial charge in [-0.25, -0.2) is 4.79 Å². The average molecular weight is 389 g/mol. The monoisotopic (exact) mass is 389 g/mol. The highest BCUT2D eigenvalue weighted by molar-refractivity contribution is 6.05. The van der Waals surface area contributed by atoms with E-state index in [1.807, 2.05) is 54.6 Å². The van der Waals surface area contributed by atoms with E-state index in [1.54, 1.807) is 6.07 Å². The summed E-state index contributed by atoms with van der Waals surface area (Å²) in [5.74, 6) is -0.309. The molecular formula is C25H27NO3. The molecule has 29 heavy (non-hydrogen) atoms. The van der Waals surface area contributed by atoms with Crippen LogP contribution in [-0.4, -0.2) is 18.5 Å². The van der Waals surface area contributed by atoms with E-state index >= 15 is 0 Å². The van der Waals surface area contributed by atoms with Crippen LogP contribution in [0.15, 0.2) is 60.7 Å². The first kappa shape index (κ1) is 20.6. The topological polar surface area (TPSA) is 55.4 Å². The van der Waals surface area contributed by atoms with Crippen molar-refractivity contribution in [2.45, 2.75) is 39.5 Å². The van der Waals surface area contributed by atoms with Crippen LogP contribution in [0.4, 0.5) is 5.69 Å². The standard InChI is InChI=1S/C25H27NO3/c1-16(2)19-12-8-13-20(17(3)4)24(19)26-23(27)15-29-25(28)22-14-7-10-18-9-5-6-11-21(18)22/h5-14,16-17H,15H2,1-4H3,(H,26,27). The highest BCUT2D eigenvalue weighted by atomic mass is 16.5. The number of anilines is 1. The van der Waals surface area contributed by atoms with Gasteiger partial charge in [0.25, 0.3) is 5.91 Å². The molecule has 0 aliphatic carbocycles. The van der Waals surface area contributed by atoms with E-state index in [2.05, 4.69) is 33.0 Å². The molecule has 0 heterocycles. The van der Waals surface area contributed by atoms with Gasteiger partial charge in [0.15, 0.2) is 6.61 Å². The van der Waals surface area contributed by atoms with Crippen molar-refractivity contribution in [3.05, 3.63) is 77.4 Å². The third-order valence-electron chi connectivity index (χ3n) is 4.98. The summed E-state index contributed by atoms with van der Waals surface area (Å²) in [5, 5.41) is 4.74. The fourth-order valence-electron chi connectivity index (χ4n) is 3.48. The van der Waals surface area contributed by atoms with Crippen LogP contribution in [0.3, 0.4) is 0 Å². The first-order chi connectivity index (χ1) is 13.9. The minimum atomic E-state index is -0.502. The molecule has 1 N–H and O–H groups in total. The van der Waals surface area contributed by atoms with Crippen LogP contribution in [0.1, 0.15) is 61.0 Å². The number of hydrogen-bond donors (Lipinski definition) is 1. The van der Waals surface area contributed by atoms with Gasteiger partial charge in [-0.15, -0.1) is 0 Å². The van der Waals surface area contributed by atoms with Crippen LogP contribution >= 0.6 is 0 Å². The predicted molar refractivity (Wildman–Crippen MR) is 117 cm³/mol. The molecule has 1 amide bonds. The van der Waals surface area contributed by atoms with Crippen molar-refractivity contribution in [2.75, 3.05) is 11.9 Å². The molecule has 3 aromatic rings. The van der Waals surface area contributed by atoms with E-state index in [-0.39, 0.29) is 24.3 Å². The first-order valence-corrected chi connectivity index (χ1v) is 9.96. The molecule has 0 aromatic heterocycles. The van der Waals surface area contributed by atoms with Crippen LogP contribution in [0.25, 0.3) is 10.8 Å². The number of hydrogen-bond acceptors (Lipinski definition) is 3. The molecule has 0 fully saturated rings. The minimum absolute atomic E-state index is 0.266. The molecule has 0 bridgehead atoms. The molecule has 3 rings (SSSR count). The Morgan fingerprint density at radius 2 is 1.41 bits per heavy atom. The van der Waals surface area contributed by atoms with Crippen LogP contribution in [-0.2, 0) is 9.53 Å². The molecule has 0 saturated heterocycles. The number of carbonyl (C=O) groups excluding carboxylic acids is 2. The minimum Gasteiger partial charge on any atom is -0.452 e. The predicted octanol–water partition coefficient (Wildman–Crippen LogP) is 5.88. The third kappa shape index (κ3) is 4.65. The quantitative estimate of drug-likeness (QED) is 0.536. The molecular weight excluding hydrogens is 362 g/mol. The number of amides is 1. The smallest absolute Gasteiger partial charge is 0.339 e. The molecule has 3 aromatic carbocycles. The van der Waals surface area contributed by atoms with Gasteiger partial charge in [-0.3, -0.25) is 4.79 Å². The van der Waals surface area contributed by atoms with Crippen molar-refractivity contribution >= 4 is 28.3 Å². The zero-order chi connectivity index (χ0) is 21.0. The van der Waals surface area contributed by atoms with Crippen LogP contribution in [0, 0.1) is 0 Å². The summed E-state index contributed by atoms with van der Waals surface area (Å²) in [4.78, 5) is 25.1. The van der Waals surface area contributed by atoms with Gasteiger partial charge in [-0.1, -0.05) is 82.3 Å². The van der Waals surface area contributed by atoms with E-state index in [0.717, 1.165) is 27.6 Å². The Kier molecular flexibility index (Phi) is 6.32. The van der Waals surface area contributed by atoms with Crippen molar-refractivity contribution in [3.8, 4) is 0 Å². The first-order valence-electron chi connectivity index (χ1n) is 9.96. The lowest BCUT2D eigenvalue weighted by atomic mass is 9.92. The molecule has 0 radical (unpaired) electrons. The molecule has 0 unspecified atom stereocenters. The summed E-state index contributed by atoms with van der Waals surface area (Å²) in [6.07, 6.45) is 0. The van der Waals surface area contributed by atoms with Gasteiger partial charge in [0.2, 0.25) is 0 Å². The molecule has 150 valence electrons. The van der Waals surface area contributed by atoms with Gasteiger partial charge in [-0.05, 0) is 39.8 Å². The molecule has 0 atom stereocenters. The maximum Gasteiger partial charge on any atom is 0.339 e. The number of nitrogens with one attached hydrogen (secondary N) is 1. The normalized spacial score (nSPS) is 11.1. The molecule has 0 aliphatic rings. The van der Waals surface area contributed by atoms with Gasteiger partial charge in [0.1, 0.15) is 0 Å². The van der Waals surface area contributed by atoms with Crippen molar-refractivity contribution in [2.24, 2.45) is 0 Å². The van der Waals surface area contributed by atoms with Gasteiger partial charge >= 0.3 is 5.97 Å². The SMILES string of the molecule is CC(C)c1cccc(C(C)C)c1NC(=O)COC(=O)c1cccc2ccccc12. The number of rotatable bonds is 6. The summed E-state index contributed by atoms with van der Waals surface area (Å²) >= 11 is 0. The number of para-hydroxylation sites is 1. The zero-order valence-electron chi connectivity index (χ0n) is 17.4. The fraction of sp³-hybridized carbons (Fsp3) is 0.280. The summed E-state index contributed by atoms with van der Waals surface area (Å²) in [5.41, 5.74) is 3.43. The van der Waals surface area contributed by atoms with Crippen molar-refractivity contribution < 1.29 is 14.3 Å². The summed E-state index contributed by atoms with van der Waals surface area (Å²) in [6, 6.07) is 19.1. The Bertz CT molecular complexity index is 1010. The highest BCUT2D eigenvalue weighted by Crippen LogP contribution is 2.32. The Morgan fingerprint density at radius 1 is 0.828 bits per heavy atom. The molecule has 4 nitrogen and oxygen atoms in total. The lowest BCUT2D eigenvalue weighted by Gasteiger charge is -2.20. The van der Waals surface area contributed by atoms with E-state index in [0.29, 0.717) is 5.56 Å². The lowest BCUT2D eigenvalue weighted by Crippen LogP contribution is -2.22. The summed E-state index contributed by atoms with van der Waals surface area (Å²) in [6.45, 7) is 8.04. The number of carbonyl (C=O) groups is 2. The maximum absolute atomic E-state index is 12.6. The highest BCUT2D eigenvalue weighted by Gasteiger charge is 2.18. The van der Waals surface area contributed by atoms with Gasteiger partial charge in [0, 0.05) is 5.69 Å². The number of ether oxygens (including phenoxy) is 1. The van der Waals surface area contributed by atoms with E-state index in [4.69, 9.17) is 4.74 Å². The second-order valence-corrected chi connectivity index (χ2v) is 7.77. The molecule has 0 aliphatic heterocycles. The number of fused-ring (bicyclic) bond motifs is 1. The van der Waals surface area contributed by atoms with Gasteiger partial charge < -0.3 is 10.1 Å². The largest absolute Gasteiger partial charge is 0.452 e. The molecule has 4 heteroatoms. The van der Waals surface area contributed by atoms with E-state index in [1.165, 1.54) is 0 Å². The van der Waals surface area contributed by atoms with Gasteiger partial charge in [-0.2, -0.15) is 0 Å². The number of benzene rings is 3. The second-order valence-electron chi connectivity index (χ2n) is 7.77. The Morgan fingerprint density at radius 3 is 2.07 bits per heavy atom. The third-order valence-corrected chi connectivity index (χ3v) is 4.98. The zero-order valence-corrected chi connectivity index (χ0v) is 17.4. The maximum atomic E-state index is 12.6. The van der Waals surface area contributed by atoms with Crippen molar-refractivity contribution in [1.29, 1.82) is 0 Å². The van der Waals surface area contributed by atoms with E-state index < -0.39 is 5.97 Å². The van der Waals surface area contributed by atoms with Gasteiger partial charge in [0.05, 0.1) is 5.56 Å². The van der Waals surface area contributed by atoms with Crippen molar-refractivity contribution in [3.63, 3.8) is 0 Å². The van der Waals surface area contributed by atoms with Crippen LogP contribution < -0.4 is 5.32 Å². The number of esters is 1. The van der Waals surface area contributed by atoms with E-state index in [9.17, 15) is 9.59 Å². The fourth-order valence-corrected chi connectivity index (χ4v) is 3.48. The lowest BCUT2D eigenvalue weighted by molar-refractivity contribution is -0.119. The molecule has 0 spiro atoms. The Hall–Kier alpha value is -3.14. The van der Waals surface area contributed by atoms with Crippen LogP contribution in [0.2, 0.25) is 0 Å².